The predicted molar refractivity (Wildman–Crippen MR) is 87.2 cm³/mol. The van der Waals surface area contributed by atoms with Crippen molar-refractivity contribution < 1.29 is 4.39 Å². The lowest BCUT2D eigenvalue weighted by Crippen LogP contribution is -2.27. The maximum absolute atomic E-state index is 13.0. The van der Waals surface area contributed by atoms with Crippen molar-refractivity contribution in [2.24, 2.45) is 0 Å². The van der Waals surface area contributed by atoms with Crippen LogP contribution in [0.1, 0.15) is 30.5 Å². The van der Waals surface area contributed by atoms with Crippen LogP contribution in [-0.4, -0.2) is 11.8 Å². The molecule has 1 aliphatic carbocycles. The van der Waals surface area contributed by atoms with Crippen LogP contribution >= 0.6 is 11.8 Å². The summed E-state index contributed by atoms with van der Waals surface area (Å²) in [6.07, 6.45) is 2.20. The second kappa shape index (κ2) is 6.63. The van der Waals surface area contributed by atoms with Gasteiger partial charge in [0.25, 0.3) is 0 Å². The van der Waals surface area contributed by atoms with Gasteiger partial charge in [0.2, 0.25) is 0 Å². The summed E-state index contributed by atoms with van der Waals surface area (Å²) in [5.74, 6) is -0.172. The van der Waals surface area contributed by atoms with Crippen LogP contribution in [0, 0.1) is 5.82 Å². The monoisotopic (exact) mass is 301 g/mol. The Labute approximate surface area is 130 Å². The Morgan fingerprint density at radius 1 is 1.14 bits per heavy atom. The molecule has 3 rings (SSSR count). The van der Waals surface area contributed by atoms with Gasteiger partial charge in [0.15, 0.2) is 0 Å². The summed E-state index contributed by atoms with van der Waals surface area (Å²) in [5, 5.41) is 4.15. The Kier molecular flexibility index (Phi) is 4.61. The molecule has 2 aromatic rings. The molecule has 1 aliphatic rings. The maximum Gasteiger partial charge on any atom is 0.123 e. The van der Waals surface area contributed by atoms with Crippen molar-refractivity contribution in [1.29, 1.82) is 0 Å². The van der Waals surface area contributed by atoms with Gasteiger partial charge in [-0.3, -0.25) is 0 Å². The van der Waals surface area contributed by atoms with Crippen LogP contribution in [0.15, 0.2) is 53.4 Å². The maximum atomic E-state index is 13.0. The summed E-state index contributed by atoms with van der Waals surface area (Å²) in [5.41, 5.74) is 2.86. The van der Waals surface area contributed by atoms with Crippen molar-refractivity contribution >= 4 is 11.8 Å². The fourth-order valence-corrected chi connectivity index (χ4v) is 4.18. The molecule has 21 heavy (non-hydrogen) atoms. The summed E-state index contributed by atoms with van der Waals surface area (Å²) < 4.78 is 13.0. The van der Waals surface area contributed by atoms with Crippen molar-refractivity contribution in [2.75, 3.05) is 6.54 Å². The molecular weight excluding hydrogens is 281 g/mol. The summed E-state index contributed by atoms with van der Waals surface area (Å²) >= 11 is 1.85. The normalized spacial score (nSPS) is 20.5. The van der Waals surface area contributed by atoms with Gasteiger partial charge >= 0.3 is 0 Å². The Balaban J connectivity index is 1.79. The first kappa shape index (κ1) is 14.6. The molecule has 0 spiro atoms. The topological polar surface area (TPSA) is 12.0 Å². The molecule has 0 saturated carbocycles. The highest BCUT2D eigenvalue weighted by molar-refractivity contribution is 8.00. The Morgan fingerprint density at radius 2 is 1.90 bits per heavy atom. The van der Waals surface area contributed by atoms with Crippen LogP contribution in [0.4, 0.5) is 4.39 Å². The van der Waals surface area contributed by atoms with Crippen molar-refractivity contribution in [3.63, 3.8) is 0 Å². The van der Waals surface area contributed by atoms with Gasteiger partial charge in [-0.15, -0.1) is 11.8 Å². The van der Waals surface area contributed by atoms with Crippen LogP contribution in [0.25, 0.3) is 0 Å². The molecule has 0 radical (unpaired) electrons. The van der Waals surface area contributed by atoms with Crippen LogP contribution in [0.5, 0.6) is 0 Å². The van der Waals surface area contributed by atoms with E-state index in [0.717, 1.165) is 24.3 Å². The molecule has 0 fully saturated rings. The standard InChI is InChI=1S/C18H20FNS/c1-2-11-20-18-16-6-4-3-5-13(16)12-17(18)21-15-9-7-14(19)8-10-15/h3-10,17-18,20H,2,11-12H2,1H3. The molecule has 110 valence electrons. The number of halogens is 1. The predicted octanol–water partition coefficient (Wildman–Crippen LogP) is 4.58. The Hall–Kier alpha value is -1.32. The lowest BCUT2D eigenvalue weighted by Gasteiger charge is -2.21. The molecule has 3 heteroatoms. The lowest BCUT2D eigenvalue weighted by atomic mass is 10.1. The average molecular weight is 301 g/mol. The fraction of sp³-hybridized carbons (Fsp3) is 0.333. The van der Waals surface area contributed by atoms with Gasteiger partial charge in [-0.2, -0.15) is 0 Å². The third kappa shape index (κ3) is 3.30. The second-order valence-electron chi connectivity index (χ2n) is 5.44. The van der Waals surface area contributed by atoms with Crippen molar-refractivity contribution in [3.8, 4) is 0 Å². The molecule has 0 amide bonds. The summed E-state index contributed by atoms with van der Waals surface area (Å²) in [6, 6.07) is 15.9. The number of hydrogen-bond donors (Lipinski definition) is 1. The van der Waals surface area contributed by atoms with E-state index in [1.165, 1.54) is 11.1 Å². The molecule has 0 aromatic heterocycles. The highest BCUT2D eigenvalue weighted by atomic mass is 32.2. The Morgan fingerprint density at radius 3 is 2.67 bits per heavy atom. The molecule has 0 saturated heterocycles. The third-order valence-electron chi connectivity index (χ3n) is 3.90. The van der Waals surface area contributed by atoms with Crippen molar-refractivity contribution in [2.45, 2.75) is 36.0 Å². The first-order valence-electron chi connectivity index (χ1n) is 7.51. The van der Waals surface area contributed by atoms with Crippen molar-refractivity contribution in [3.05, 3.63) is 65.5 Å². The van der Waals surface area contributed by atoms with Crippen LogP contribution in [0.2, 0.25) is 0 Å². The highest BCUT2D eigenvalue weighted by Gasteiger charge is 2.32. The van der Waals surface area contributed by atoms with Gasteiger partial charge in [0.1, 0.15) is 5.82 Å². The van der Waals surface area contributed by atoms with E-state index in [2.05, 4.69) is 36.5 Å². The number of hydrogen-bond acceptors (Lipinski definition) is 2. The van der Waals surface area contributed by atoms with Gasteiger partial charge < -0.3 is 5.32 Å². The van der Waals surface area contributed by atoms with Gasteiger partial charge in [-0.05, 0) is 54.8 Å². The van der Waals surface area contributed by atoms with E-state index in [0.29, 0.717) is 11.3 Å². The van der Waals surface area contributed by atoms with E-state index in [-0.39, 0.29) is 5.82 Å². The quantitative estimate of drug-likeness (QED) is 0.867. The van der Waals surface area contributed by atoms with E-state index in [1.807, 2.05) is 23.9 Å². The van der Waals surface area contributed by atoms with E-state index >= 15 is 0 Å². The first-order valence-corrected chi connectivity index (χ1v) is 8.39. The van der Waals surface area contributed by atoms with Gasteiger partial charge in [0.05, 0.1) is 0 Å². The van der Waals surface area contributed by atoms with Gasteiger partial charge in [0, 0.05) is 16.2 Å². The van der Waals surface area contributed by atoms with Crippen LogP contribution < -0.4 is 5.32 Å². The summed E-state index contributed by atoms with van der Waals surface area (Å²) in [7, 11) is 0. The largest absolute Gasteiger partial charge is 0.309 e. The van der Waals surface area contributed by atoms with Crippen LogP contribution in [-0.2, 0) is 6.42 Å². The highest BCUT2D eigenvalue weighted by Crippen LogP contribution is 2.41. The number of nitrogens with one attached hydrogen (secondary N) is 1. The molecule has 1 nitrogen and oxygen atoms in total. The number of benzene rings is 2. The zero-order valence-electron chi connectivity index (χ0n) is 12.2. The molecule has 0 bridgehead atoms. The minimum atomic E-state index is -0.172. The SMILES string of the molecule is CCCNC1c2ccccc2CC1Sc1ccc(F)cc1. The number of rotatable bonds is 5. The molecule has 2 aromatic carbocycles. The molecular formula is C18H20FNS. The second-order valence-corrected chi connectivity index (χ2v) is 6.76. The fourth-order valence-electron chi connectivity index (χ4n) is 2.90. The summed E-state index contributed by atoms with van der Waals surface area (Å²) in [6.45, 7) is 3.22. The molecule has 1 N–H and O–H groups in total. The Bertz CT molecular complexity index is 596. The smallest absolute Gasteiger partial charge is 0.123 e. The zero-order chi connectivity index (χ0) is 14.7. The van der Waals surface area contributed by atoms with Crippen LogP contribution in [0.3, 0.4) is 0 Å². The van der Waals surface area contributed by atoms with Gasteiger partial charge in [-0.1, -0.05) is 31.2 Å². The van der Waals surface area contributed by atoms with E-state index in [1.54, 1.807) is 12.1 Å². The lowest BCUT2D eigenvalue weighted by molar-refractivity contribution is 0.539. The van der Waals surface area contributed by atoms with E-state index < -0.39 is 0 Å². The number of fused-ring (bicyclic) bond motifs is 1. The van der Waals surface area contributed by atoms with Gasteiger partial charge in [-0.25, -0.2) is 4.39 Å². The van der Waals surface area contributed by atoms with Crippen molar-refractivity contribution in [1.82, 2.24) is 5.32 Å². The van der Waals surface area contributed by atoms with E-state index in [9.17, 15) is 4.39 Å². The molecule has 0 heterocycles. The zero-order valence-corrected chi connectivity index (χ0v) is 13.0. The molecule has 2 unspecified atom stereocenters. The third-order valence-corrected chi connectivity index (χ3v) is 5.18. The minimum absolute atomic E-state index is 0.172. The van der Waals surface area contributed by atoms with E-state index in [4.69, 9.17) is 0 Å². The summed E-state index contributed by atoms with van der Waals surface area (Å²) in [4.78, 5) is 1.14. The first-order chi connectivity index (χ1) is 10.3. The average Bonchev–Trinajstić information content (AvgIpc) is 2.85. The minimum Gasteiger partial charge on any atom is -0.309 e. The molecule has 0 aliphatic heterocycles. The number of thioether (sulfide) groups is 1. The molecule has 2 atom stereocenters.